The van der Waals surface area contributed by atoms with E-state index in [1.54, 1.807) is 6.92 Å². The summed E-state index contributed by atoms with van der Waals surface area (Å²) in [6.07, 6.45) is -2.71. The highest BCUT2D eigenvalue weighted by Crippen LogP contribution is 2.32. The third-order valence-corrected chi connectivity index (χ3v) is 3.73. The van der Waals surface area contributed by atoms with Gasteiger partial charge in [-0.05, 0) is 12.8 Å². The van der Waals surface area contributed by atoms with Gasteiger partial charge in [-0.25, -0.2) is 4.98 Å². The quantitative estimate of drug-likeness (QED) is 0.849. The van der Waals surface area contributed by atoms with Crippen molar-refractivity contribution in [3.8, 4) is 0 Å². The third kappa shape index (κ3) is 4.45. The van der Waals surface area contributed by atoms with Crippen LogP contribution in [0.15, 0.2) is 5.38 Å². The van der Waals surface area contributed by atoms with Crippen LogP contribution in [-0.4, -0.2) is 16.9 Å². The number of halogens is 3. The number of hydrogen-bond acceptors (Lipinski definition) is 4. The summed E-state index contributed by atoms with van der Waals surface area (Å²) in [5.74, 6) is -0.359. The van der Waals surface area contributed by atoms with E-state index in [1.807, 2.05) is 6.92 Å². The average Bonchev–Trinajstić information content (AvgIpc) is 2.85. The minimum absolute atomic E-state index is 0.247. The molecule has 0 aliphatic rings. The van der Waals surface area contributed by atoms with Crippen LogP contribution in [0.25, 0.3) is 0 Å². The zero-order valence-corrected chi connectivity index (χ0v) is 12.1. The van der Waals surface area contributed by atoms with Gasteiger partial charge >= 0.3 is 6.18 Å². The number of alkyl halides is 3. The van der Waals surface area contributed by atoms with Gasteiger partial charge in [-0.2, -0.15) is 13.2 Å². The normalized spacial score (nSPS) is 14.9. The van der Waals surface area contributed by atoms with Crippen LogP contribution in [0.2, 0.25) is 0 Å². The molecule has 2 unspecified atom stereocenters. The molecule has 1 aromatic heterocycles. The number of carbonyl (C=O) groups excluding carboxylic acids is 1. The fourth-order valence-corrected chi connectivity index (χ4v) is 2.60. The standard InChI is InChI=1S/C12H18F3N3OS/c1-3-5-7(16)10(19)17-8(4-2)11-18-9(6-20-11)12(13,14)15/h6-8H,3-5,16H2,1-2H3,(H,17,19). The molecular formula is C12H18F3N3OS. The van der Waals surface area contributed by atoms with Crippen molar-refractivity contribution in [2.75, 3.05) is 0 Å². The molecule has 1 aromatic rings. The van der Waals surface area contributed by atoms with E-state index in [1.165, 1.54) is 0 Å². The van der Waals surface area contributed by atoms with E-state index in [0.717, 1.165) is 23.1 Å². The van der Waals surface area contributed by atoms with Crippen molar-refractivity contribution < 1.29 is 18.0 Å². The molecule has 4 nitrogen and oxygen atoms in total. The maximum atomic E-state index is 12.5. The zero-order valence-electron chi connectivity index (χ0n) is 11.3. The molecule has 20 heavy (non-hydrogen) atoms. The molecule has 0 saturated carbocycles. The van der Waals surface area contributed by atoms with Crippen LogP contribution in [0, 0.1) is 0 Å². The number of thiazole rings is 1. The lowest BCUT2D eigenvalue weighted by Gasteiger charge is -2.17. The van der Waals surface area contributed by atoms with Gasteiger partial charge in [0.2, 0.25) is 5.91 Å². The number of aromatic nitrogens is 1. The van der Waals surface area contributed by atoms with Crippen molar-refractivity contribution >= 4 is 17.2 Å². The average molecular weight is 309 g/mol. The molecule has 114 valence electrons. The second kappa shape index (κ2) is 7.03. The third-order valence-electron chi connectivity index (χ3n) is 2.77. The van der Waals surface area contributed by atoms with Gasteiger partial charge in [0.25, 0.3) is 0 Å². The monoisotopic (exact) mass is 309 g/mol. The van der Waals surface area contributed by atoms with Gasteiger partial charge < -0.3 is 11.1 Å². The van der Waals surface area contributed by atoms with E-state index >= 15 is 0 Å². The maximum Gasteiger partial charge on any atom is 0.434 e. The molecule has 1 amide bonds. The number of amides is 1. The van der Waals surface area contributed by atoms with Crippen LogP contribution in [0.3, 0.4) is 0 Å². The van der Waals surface area contributed by atoms with Crippen molar-refractivity contribution in [1.82, 2.24) is 10.3 Å². The number of rotatable bonds is 6. The van der Waals surface area contributed by atoms with Crippen LogP contribution >= 0.6 is 11.3 Å². The van der Waals surface area contributed by atoms with Crippen molar-refractivity contribution in [2.24, 2.45) is 5.73 Å². The summed E-state index contributed by atoms with van der Waals surface area (Å²) in [6.45, 7) is 3.67. The van der Waals surface area contributed by atoms with Crippen LogP contribution in [0.1, 0.15) is 49.9 Å². The van der Waals surface area contributed by atoms with Crippen LogP contribution in [0.5, 0.6) is 0 Å². The summed E-state index contributed by atoms with van der Waals surface area (Å²) in [4.78, 5) is 15.3. The number of nitrogens with one attached hydrogen (secondary N) is 1. The van der Waals surface area contributed by atoms with E-state index < -0.39 is 24.0 Å². The predicted octanol–water partition coefficient (Wildman–Crippen LogP) is 2.86. The molecule has 0 saturated heterocycles. The molecule has 0 bridgehead atoms. The Kier molecular flexibility index (Phi) is 5.94. The van der Waals surface area contributed by atoms with Crippen molar-refractivity contribution in [3.05, 3.63) is 16.1 Å². The first-order chi connectivity index (χ1) is 9.29. The number of nitrogens with two attached hydrogens (primary N) is 1. The molecule has 0 aliphatic carbocycles. The maximum absolute atomic E-state index is 12.5. The van der Waals surface area contributed by atoms with Crippen molar-refractivity contribution in [2.45, 2.75) is 51.4 Å². The Morgan fingerprint density at radius 3 is 2.60 bits per heavy atom. The highest BCUT2D eigenvalue weighted by molar-refractivity contribution is 7.09. The predicted molar refractivity (Wildman–Crippen MR) is 71.2 cm³/mol. The van der Waals surface area contributed by atoms with Crippen LogP contribution in [0.4, 0.5) is 13.2 Å². The lowest BCUT2D eigenvalue weighted by atomic mass is 10.1. The second-order valence-electron chi connectivity index (χ2n) is 4.43. The molecule has 8 heteroatoms. The zero-order chi connectivity index (χ0) is 15.3. The molecule has 0 radical (unpaired) electrons. The lowest BCUT2D eigenvalue weighted by Crippen LogP contribution is -2.42. The fourth-order valence-electron chi connectivity index (χ4n) is 1.64. The van der Waals surface area contributed by atoms with E-state index in [9.17, 15) is 18.0 Å². The van der Waals surface area contributed by atoms with Crippen LogP contribution in [-0.2, 0) is 11.0 Å². The molecular weight excluding hydrogens is 291 g/mol. The summed E-state index contributed by atoms with van der Waals surface area (Å²) in [5.41, 5.74) is 4.75. The van der Waals surface area contributed by atoms with Crippen molar-refractivity contribution in [3.63, 3.8) is 0 Å². The number of carbonyl (C=O) groups is 1. The van der Waals surface area contributed by atoms with Gasteiger partial charge in [-0.3, -0.25) is 4.79 Å². The molecule has 0 aromatic carbocycles. The second-order valence-corrected chi connectivity index (χ2v) is 5.32. The van der Waals surface area contributed by atoms with Crippen LogP contribution < -0.4 is 11.1 Å². The Labute approximate surface area is 119 Å². The fraction of sp³-hybridized carbons (Fsp3) is 0.667. The first-order valence-corrected chi connectivity index (χ1v) is 7.26. The molecule has 0 spiro atoms. The Bertz CT molecular complexity index is 447. The topological polar surface area (TPSA) is 68.0 Å². The van der Waals surface area contributed by atoms with E-state index in [-0.39, 0.29) is 10.9 Å². The van der Waals surface area contributed by atoms with E-state index in [4.69, 9.17) is 5.73 Å². The van der Waals surface area contributed by atoms with E-state index in [2.05, 4.69) is 10.3 Å². The van der Waals surface area contributed by atoms with Gasteiger partial charge in [0.1, 0.15) is 5.01 Å². The van der Waals surface area contributed by atoms with Gasteiger partial charge in [0, 0.05) is 5.38 Å². The summed E-state index contributed by atoms with van der Waals surface area (Å²) in [6, 6.07) is -1.18. The molecule has 1 rings (SSSR count). The Morgan fingerprint density at radius 2 is 2.15 bits per heavy atom. The van der Waals surface area contributed by atoms with Gasteiger partial charge in [0.05, 0.1) is 12.1 Å². The minimum atomic E-state index is -4.46. The number of nitrogens with zero attached hydrogens (tertiary/aromatic N) is 1. The smallest absolute Gasteiger partial charge is 0.346 e. The Hall–Kier alpha value is -1.15. The number of hydrogen-bond donors (Lipinski definition) is 2. The minimum Gasteiger partial charge on any atom is -0.346 e. The van der Waals surface area contributed by atoms with Gasteiger partial charge in [0.15, 0.2) is 5.69 Å². The summed E-state index contributed by atoms with van der Waals surface area (Å²) >= 11 is 0.890. The summed E-state index contributed by atoms with van der Waals surface area (Å²) < 4.78 is 37.5. The molecule has 0 fully saturated rings. The first kappa shape index (κ1) is 16.9. The lowest BCUT2D eigenvalue weighted by molar-refractivity contribution is -0.140. The van der Waals surface area contributed by atoms with E-state index in [0.29, 0.717) is 12.8 Å². The van der Waals surface area contributed by atoms with Gasteiger partial charge in [-0.1, -0.05) is 20.3 Å². The highest BCUT2D eigenvalue weighted by Gasteiger charge is 2.34. The van der Waals surface area contributed by atoms with Crippen molar-refractivity contribution in [1.29, 1.82) is 0 Å². The molecule has 1 heterocycles. The first-order valence-electron chi connectivity index (χ1n) is 6.38. The highest BCUT2D eigenvalue weighted by atomic mass is 32.1. The summed E-state index contributed by atoms with van der Waals surface area (Å²) in [7, 11) is 0. The molecule has 2 atom stereocenters. The summed E-state index contributed by atoms with van der Waals surface area (Å²) in [5, 5.41) is 3.85. The molecule has 0 aliphatic heterocycles. The Balaban J connectivity index is 2.76. The SMILES string of the molecule is CCCC(N)C(=O)NC(CC)c1nc(C(F)(F)F)cs1. The molecule has 3 N–H and O–H groups in total. The largest absolute Gasteiger partial charge is 0.434 e. The Morgan fingerprint density at radius 1 is 1.50 bits per heavy atom. The van der Waals surface area contributed by atoms with Gasteiger partial charge in [-0.15, -0.1) is 11.3 Å².